The predicted octanol–water partition coefficient (Wildman–Crippen LogP) is 3.84. The van der Waals surface area contributed by atoms with Crippen LogP contribution in [0.5, 0.6) is 0 Å². The molecule has 1 N–H and O–H groups in total. The van der Waals surface area contributed by atoms with Gasteiger partial charge < -0.3 is 10.1 Å². The van der Waals surface area contributed by atoms with E-state index in [1.54, 1.807) is 12.1 Å². The first kappa shape index (κ1) is 20.5. The van der Waals surface area contributed by atoms with E-state index >= 15 is 0 Å². The van der Waals surface area contributed by atoms with Crippen LogP contribution < -0.4 is 5.32 Å². The van der Waals surface area contributed by atoms with Crippen LogP contribution in [0, 0.1) is 13.8 Å². The van der Waals surface area contributed by atoms with E-state index in [2.05, 4.69) is 5.32 Å². The number of ether oxygens (including phenoxy) is 1. The number of methoxy groups -OCH3 is 1. The lowest BCUT2D eigenvalue weighted by atomic mass is 10.0. The Hall–Kier alpha value is -2.83. The van der Waals surface area contributed by atoms with Crippen molar-refractivity contribution in [2.45, 2.75) is 32.5 Å². The van der Waals surface area contributed by atoms with Gasteiger partial charge in [0.15, 0.2) is 0 Å². The number of alkyl halides is 3. The van der Waals surface area contributed by atoms with Crippen molar-refractivity contribution in [2.75, 3.05) is 7.11 Å². The van der Waals surface area contributed by atoms with Crippen molar-refractivity contribution in [2.24, 2.45) is 0 Å². The van der Waals surface area contributed by atoms with Gasteiger partial charge in [-0.1, -0.05) is 35.4 Å². The third kappa shape index (κ3) is 5.57. The van der Waals surface area contributed by atoms with Gasteiger partial charge >= 0.3 is 12.1 Å². The molecule has 4 nitrogen and oxygen atoms in total. The zero-order valence-electron chi connectivity index (χ0n) is 15.2. The third-order valence-electron chi connectivity index (χ3n) is 3.97. The van der Waals surface area contributed by atoms with Gasteiger partial charge in [0.2, 0.25) is 0 Å². The monoisotopic (exact) mass is 379 g/mol. The fraction of sp³-hybridized carbons (Fsp3) is 0.300. The molecule has 1 amide bonds. The molecule has 0 spiro atoms. The van der Waals surface area contributed by atoms with E-state index in [4.69, 9.17) is 4.74 Å². The zero-order chi connectivity index (χ0) is 20.2. The highest BCUT2D eigenvalue weighted by Crippen LogP contribution is 2.29. The van der Waals surface area contributed by atoms with Crippen LogP contribution in [0.15, 0.2) is 42.5 Å². The summed E-state index contributed by atoms with van der Waals surface area (Å²) in [5.41, 5.74) is 1.58. The highest BCUT2D eigenvalue weighted by atomic mass is 19.4. The molecule has 0 aliphatic rings. The van der Waals surface area contributed by atoms with E-state index in [1.807, 2.05) is 19.9 Å². The summed E-state index contributed by atoms with van der Waals surface area (Å²) in [4.78, 5) is 24.5. The highest BCUT2D eigenvalue weighted by molar-refractivity contribution is 5.97. The molecule has 1 atom stereocenters. The zero-order valence-corrected chi connectivity index (χ0v) is 15.2. The molecule has 0 aliphatic heterocycles. The van der Waals surface area contributed by atoms with Crippen LogP contribution in [0.3, 0.4) is 0 Å². The summed E-state index contributed by atoms with van der Waals surface area (Å²) in [7, 11) is 1.16. The molecule has 2 aromatic rings. The van der Waals surface area contributed by atoms with Gasteiger partial charge in [0.1, 0.15) is 6.04 Å². The molecule has 0 heterocycles. The molecule has 7 heteroatoms. The average Bonchev–Trinajstić information content (AvgIpc) is 2.59. The normalized spacial score (nSPS) is 12.4. The molecule has 0 unspecified atom stereocenters. The van der Waals surface area contributed by atoms with Gasteiger partial charge in [-0.3, -0.25) is 4.79 Å². The van der Waals surface area contributed by atoms with Crippen LogP contribution in [-0.4, -0.2) is 25.0 Å². The van der Waals surface area contributed by atoms with Crippen molar-refractivity contribution in [3.8, 4) is 0 Å². The van der Waals surface area contributed by atoms with E-state index < -0.39 is 29.7 Å². The molecule has 144 valence electrons. The Morgan fingerprint density at radius 1 is 1.07 bits per heavy atom. The first-order chi connectivity index (χ1) is 12.6. The molecule has 0 bridgehead atoms. The number of nitrogens with one attached hydrogen (secondary N) is 1. The number of rotatable bonds is 5. The van der Waals surface area contributed by atoms with Crippen molar-refractivity contribution < 1.29 is 27.5 Å². The summed E-state index contributed by atoms with van der Waals surface area (Å²) in [6.45, 7) is 3.68. The average molecular weight is 379 g/mol. The number of benzene rings is 2. The molecule has 2 rings (SSSR count). The molecule has 0 aromatic heterocycles. The fourth-order valence-corrected chi connectivity index (χ4v) is 2.79. The lowest BCUT2D eigenvalue weighted by molar-refractivity contribution is -0.142. The van der Waals surface area contributed by atoms with Gasteiger partial charge in [-0.05, 0) is 37.6 Å². The van der Waals surface area contributed by atoms with E-state index in [1.165, 1.54) is 12.1 Å². The van der Waals surface area contributed by atoms with Crippen LogP contribution in [0.2, 0.25) is 0 Å². The minimum atomic E-state index is -4.49. The molecule has 2 aromatic carbocycles. The Morgan fingerprint density at radius 3 is 2.26 bits per heavy atom. The van der Waals surface area contributed by atoms with Crippen molar-refractivity contribution in [3.05, 3.63) is 70.3 Å². The Balaban J connectivity index is 2.23. The van der Waals surface area contributed by atoms with Crippen molar-refractivity contribution in [1.29, 1.82) is 0 Å². The van der Waals surface area contributed by atoms with Gasteiger partial charge in [0, 0.05) is 12.0 Å². The van der Waals surface area contributed by atoms with Gasteiger partial charge in [-0.25, -0.2) is 4.79 Å². The summed E-state index contributed by atoms with van der Waals surface area (Å²) in [6, 6.07) is 8.77. The van der Waals surface area contributed by atoms with Crippen molar-refractivity contribution in [1.82, 2.24) is 5.32 Å². The number of carbonyl (C=O) groups excluding carboxylic acids is 2. The van der Waals surface area contributed by atoms with Gasteiger partial charge in [-0.2, -0.15) is 13.2 Å². The van der Waals surface area contributed by atoms with Gasteiger partial charge in [0.05, 0.1) is 12.7 Å². The maximum atomic E-state index is 12.9. The number of aryl methyl sites for hydroxylation is 2. The second-order valence-electron chi connectivity index (χ2n) is 6.33. The van der Waals surface area contributed by atoms with Crippen LogP contribution in [0.1, 0.15) is 32.6 Å². The van der Waals surface area contributed by atoms with E-state index in [-0.39, 0.29) is 12.0 Å². The third-order valence-corrected chi connectivity index (χ3v) is 3.97. The first-order valence-electron chi connectivity index (χ1n) is 8.23. The molecule has 0 radical (unpaired) electrons. The summed E-state index contributed by atoms with van der Waals surface area (Å²) in [5, 5.41) is 2.55. The minimum Gasteiger partial charge on any atom is -0.467 e. The lowest BCUT2D eigenvalue weighted by Crippen LogP contribution is -2.43. The van der Waals surface area contributed by atoms with Gasteiger partial charge in [-0.15, -0.1) is 0 Å². The minimum absolute atomic E-state index is 0.118. The Kier molecular flexibility index (Phi) is 6.25. The molecule has 0 saturated carbocycles. The Bertz CT molecular complexity index is 826. The number of halogens is 3. The molecule has 0 saturated heterocycles. The first-order valence-corrected chi connectivity index (χ1v) is 8.23. The van der Waals surface area contributed by atoms with Gasteiger partial charge in [0.25, 0.3) is 5.91 Å². The largest absolute Gasteiger partial charge is 0.467 e. The number of amides is 1. The van der Waals surface area contributed by atoms with E-state index in [9.17, 15) is 22.8 Å². The summed E-state index contributed by atoms with van der Waals surface area (Å²) < 4.78 is 43.3. The maximum absolute atomic E-state index is 12.9. The molecule has 0 fully saturated rings. The molecule has 27 heavy (non-hydrogen) atoms. The second kappa shape index (κ2) is 8.24. The SMILES string of the molecule is COC(=O)[C@H](Cc1cccc(C(F)(F)F)c1)NC(=O)c1cc(C)cc(C)c1. The summed E-state index contributed by atoms with van der Waals surface area (Å²) >= 11 is 0. The number of carbonyl (C=O) groups is 2. The van der Waals surface area contributed by atoms with Crippen molar-refractivity contribution in [3.63, 3.8) is 0 Å². The van der Waals surface area contributed by atoms with E-state index in [0.717, 1.165) is 30.4 Å². The van der Waals surface area contributed by atoms with E-state index in [0.29, 0.717) is 5.56 Å². The standard InChI is InChI=1S/C20H20F3NO3/c1-12-7-13(2)9-15(8-12)18(25)24-17(19(26)27-3)11-14-5-4-6-16(10-14)20(21,22)23/h4-10,17H,11H2,1-3H3,(H,24,25)/t17-/m0/s1. The summed E-state index contributed by atoms with van der Waals surface area (Å²) in [5.74, 6) is -1.23. The quantitative estimate of drug-likeness (QED) is 0.804. The van der Waals surface area contributed by atoms with Crippen LogP contribution in [0.25, 0.3) is 0 Å². The Labute approximate surface area is 155 Å². The maximum Gasteiger partial charge on any atom is 0.416 e. The highest BCUT2D eigenvalue weighted by Gasteiger charge is 2.31. The van der Waals surface area contributed by atoms with Crippen LogP contribution >= 0.6 is 0 Å². The fourth-order valence-electron chi connectivity index (χ4n) is 2.79. The number of esters is 1. The topological polar surface area (TPSA) is 55.4 Å². The number of hydrogen-bond donors (Lipinski definition) is 1. The smallest absolute Gasteiger partial charge is 0.416 e. The Morgan fingerprint density at radius 2 is 1.70 bits per heavy atom. The summed E-state index contributed by atoms with van der Waals surface area (Å²) in [6.07, 6.45) is -4.60. The van der Waals surface area contributed by atoms with Crippen molar-refractivity contribution >= 4 is 11.9 Å². The molecular weight excluding hydrogens is 359 g/mol. The molecular formula is C20H20F3NO3. The number of hydrogen-bond acceptors (Lipinski definition) is 3. The predicted molar refractivity (Wildman–Crippen MR) is 94.3 cm³/mol. The lowest BCUT2D eigenvalue weighted by Gasteiger charge is -2.18. The van der Waals surface area contributed by atoms with Crippen LogP contribution in [0.4, 0.5) is 13.2 Å². The molecule has 0 aliphatic carbocycles. The second-order valence-corrected chi connectivity index (χ2v) is 6.33. The van der Waals surface area contributed by atoms with Crippen LogP contribution in [-0.2, 0) is 22.1 Å².